The van der Waals surface area contributed by atoms with Gasteiger partial charge in [0.25, 0.3) is 5.91 Å². The number of amides is 1. The lowest BCUT2D eigenvalue weighted by molar-refractivity contribution is 0.0953. The van der Waals surface area contributed by atoms with Crippen molar-refractivity contribution in [1.82, 2.24) is 30.3 Å². The van der Waals surface area contributed by atoms with Gasteiger partial charge in [0.2, 0.25) is 0 Å². The molecular weight excluding hydrogens is 464 g/mol. The number of hydrogen-bond acceptors (Lipinski definition) is 6. The van der Waals surface area contributed by atoms with E-state index in [0.717, 1.165) is 18.4 Å². The minimum absolute atomic E-state index is 0.0567. The van der Waals surface area contributed by atoms with Crippen molar-refractivity contribution in [3.8, 4) is 11.8 Å². The number of pyridine rings is 1. The summed E-state index contributed by atoms with van der Waals surface area (Å²) in [5, 5.41) is 13.7. The molecule has 0 atom stereocenters. The Hall–Kier alpha value is -4.23. The van der Waals surface area contributed by atoms with Crippen LogP contribution in [0.2, 0.25) is 0 Å². The Morgan fingerprint density at radius 3 is 2.69 bits per heavy atom. The van der Waals surface area contributed by atoms with Gasteiger partial charge in [-0.1, -0.05) is 11.8 Å². The number of aromatic amines is 1. The van der Waals surface area contributed by atoms with E-state index in [1.54, 1.807) is 54.7 Å². The zero-order valence-electron chi connectivity index (χ0n) is 19.1. The van der Waals surface area contributed by atoms with E-state index in [1.807, 2.05) is 6.20 Å². The molecule has 3 heterocycles. The lowest BCUT2D eigenvalue weighted by Crippen LogP contribution is -2.25. The van der Waals surface area contributed by atoms with Crippen molar-refractivity contribution < 1.29 is 13.2 Å². The highest BCUT2D eigenvalue weighted by atomic mass is 32.2. The zero-order valence-corrected chi connectivity index (χ0v) is 19.9. The van der Waals surface area contributed by atoms with E-state index in [4.69, 9.17) is 0 Å². The molecule has 0 bridgehead atoms. The van der Waals surface area contributed by atoms with Gasteiger partial charge in [0.05, 0.1) is 22.5 Å². The molecule has 3 aromatic heterocycles. The molecule has 0 aliphatic carbocycles. The molecule has 9 nitrogen and oxygen atoms in total. The average molecular weight is 489 g/mol. The van der Waals surface area contributed by atoms with Crippen LogP contribution in [0.3, 0.4) is 0 Å². The number of hydrogen-bond donors (Lipinski definition) is 2. The number of nitrogens with zero attached hydrogens (tertiary/aromatic N) is 4. The number of aryl methyl sites for hydroxylation is 2. The zero-order chi connectivity index (χ0) is 24.7. The van der Waals surface area contributed by atoms with Gasteiger partial charge in [0.1, 0.15) is 0 Å². The van der Waals surface area contributed by atoms with Crippen molar-refractivity contribution >= 4 is 15.7 Å². The topological polar surface area (TPSA) is 123 Å². The van der Waals surface area contributed by atoms with Crippen LogP contribution >= 0.6 is 0 Å². The Kier molecular flexibility index (Phi) is 7.38. The molecule has 4 aromatic rings. The van der Waals surface area contributed by atoms with E-state index in [9.17, 15) is 13.2 Å². The third-order valence-electron chi connectivity index (χ3n) is 5.19. The maximum Gasteiger partial charge on any atom is 0.251 e. The minimum atomic E-state index is -3.75. The van der Waals surface area contributed by atoms with Gasteiger partial charge in [0.15, 0.2) is 9.84 Å². The summed E-state index contributed by atoms with van der Waals surface area (Å²) >= 11 is 0. The van der Waals surface area contributed by atoms with Crippen molar-refractivity contribution in [2.24, 2.45) is 7.05 Å². The van der Waals surface area contributed by atoms with Crippen molar-refractivity contribution in [2.45, 2.75) is 23.5 Å². The van der Waals surface area contributed by atoms with Gasteiger partial charge in [0, 0.05) is 55.1 Å². The van der Waals surface area contributed by atoms with Gasteiger partial charge >= 0.3 is 0 Å². The van der Waals surface area contributed by atoms with Crippen LogP contribution in [0.15, 0.2) is 72.3 Å². The molecule has 0 saturated heterocycles. The summed E-state index contributed by atoms with van der Waals surface area (Å²) < 4.78 is 28.0. The van der Waals surface area contributed by atoms with Crippen molar-refractivity contribution in [2.75, 3.05) is 6.54 Å². The molecule has 0 unspecified atom stereocenters. The number of carbonyl (C=O) groups is 1. The van der Waals surface area contributed by atoms with Crippen molar-refractivity contribution in [3.63, 3.8) is 0 Å². The monoisotopic (exact) mass is 488 g/mol. The summed E-state index contributed by atoms with van der Waals surface area (Å²) in [6, 6.07) is 9.58. The summed E-state index contributed by atoms with van der Waals surface area (Å²) in [5.41, 5.74) is 2.77. The van der Waals surface area contributed by atoms with E-state index in [-0.39, 0.29) is 22.1 Å². The molecule has 0 fully saturated rings. The highest BCUT2D eigenvalue weighted by Gasteiger charge is 2.21. The Labute approximate surface area is 203 Å². The second-order valence-corrected chi connectivity index (χ2v) is 9.86. The van der Waals surface area contributed by atoms with Gasteiger partial charge < -0.3 is 5.32 Å². The van der Waals surface area contributed by atoms with Gasteiger partial charge in [-0.25, -0.2) is 8.42 Å². The smallest absolute Gasteiger partial charge is 0.251 e. The van der Waals surface area contributed by atoms with Crippen LogP contribution in [0, 0.1) is 11.8 Å². The van der Waals surface area contributed by atoms with E-state index >= 15 is 0 Å². The molecule has 0 radical (unpaired) electrons. The predicted octanol–water partition coefficient (Wildman–Crippen LogP) is 2.27. The second kappa shape index (κ2) is 10.8. The van der Waals surface area contributed by atoms with E-state index in [2.05, 4.69) is 37.4 Å². The third-order valence-corrected chi connectivity index (χ3v) is 6.89. The van der Waals surface area contributed by atoms with E-state index in [1.165, 1.54) is 18.2 Å². The normalized spacial score (nSPS) is 11.0. The molecule has 0 saturated carbocycles. The van der Waals surface area contributed by atoms with Crippen molar-refractivity contribution in [3.05, 3.63) is 95.3 Å². The maximum absolute atomic E-state index is 13.2. The number of H-pyrrole nitrogens is 1. The van der Waals surface area contributed by atoms with Gasteiger partial charge in [-0.2, -0.15) is 10.2 Å². The van der Waals surface area contributed by atoms with Crippen LogP contribution in [0.4, 0.5) is 0 Å². The lowest BCUT2D eigenvalue weighted by atomic mass is 10.1. The number of aromatic nitrogens is 5. The fraction of sp³-hybridized carbons (Fsp3) is 0.200. The number of carbonyl (C=O) groups excluding carboxylic acids is 1. The molecule has 1 aromatic carbocycles. The number of benzene rings is 1. The Balaban J connectivity index is 1.57. The Bertz CT molecular complexity index is 1470. The van der Waals surface area contributed by atoms with Crippen LogP contribution < -0.4 is 5.32 Å². The molecule has 1 amide bonds. The summed E-state index contributed by atoms with van der Waals surface area (Å²) in [4.78, 5) is 16.8. The highest BCUT2D eigenvalue weighted by molar-refractivity contribution is 7.90. The molecule has 0 aliphatic rings. The first-order chi connectivity index (χ1) is 16.9. The van der Waals surface area contributed by atoms with Crippen LogP contribution in [0.1, 0.15) is 39.2 Å². The van der Waals surface area contributed by atoms with Crippen LogP contribution in [0.25, 0.3) is 0 Å². The maximum atomic E-state index is 13.2. The van der Waals surface area contributed by atoms with Gasteiger partial charge in [-0.3, -0.25) is 19.6 Å². The molecule has 0 aliphatic heterocycles. The first kappa shape index (κ1) is 23.9. The number of sulfone groups is 1. The SMILES string of the molecule is Cn1ccc(CS(=O)(=O)c2ccc(C(=O)NCCCc3cn[nH]c3)cc2C#Cc2ccncc2)n1. The second-order valence-electron chi connectivity index (χ2n) is 7.90. The molecular formula is C25H24N6O3S. The molecule has 178 valence electrons. The summed E-state index contributed by atoms with van der Waals surface area (Å²) in [7, 11) is -2.03. The molecule has 2 N–H and O–H groups in total. The van der Waals surface area contributed by atoms with Crippen LogP contribution in [0.5, 0.6) is 0 Å². The van der Waals surface area contributed by atoms with E-state index < -0.39 is 9.84 Å². The summed E-state index contributed by atoms with van der Waals surface area (Å²) in [6.45, 7) is 0.474. The summed E-state index contributed by atoms with van der Waals surface area (Å²) in [6.07, 6.45) is 10.0. The molecule has 0 spiro atoms. The fourth-order valence-corrected chi connectivity index (χ4v) is 4.86. The first-order valence-electron chi connectivity index (χ1n) is 10.9. The Morgan fingerprint density at radius 1 is 1.14 bits per heavy atom. The van der Waals surface area contributed by atoms with Gasteiger partial charge in [-0.15, -0.1) is 0 Å². The average Bonchev–Trinajstić information content (AvgIpc) is 3.52. The molecule has 10 heteroatoms. The summed E-state index contributed by atoms with van der Waals surface area (Å²) in [5.74, 6) is 5.34. The molecule has 35 heavy (non-hydrogen) atoms. The van der Waals surface area contributed by atoms with Crippen LogP contribution in [-0.2, 0) is 29.1 Å². The quantitative estimate of drug-likeness (QED) is 0.290. The molecule has 4 rings (SSSR count). The third kappa shape index (κ3) is 6.43. The van der Waals surface area contributed by atoms with Crippen LogP contribution in [-0.4, -0.2) is 45.8 Å². The predicted molar refractivity (Wildman–Crippen MR) is 130 cm³/mol. The fourth-order valence-electron chi connectivity index (χ4n) is 3.44. The largest absolute Gasteiger partial charge is 0.352 e. The first-order valence-corrected chi connectivity index (χ1v) is 12.6. The number of nitrogens with one attached hydrogen (secondary N) is 2. The van der Waals surface area contributed by atoms with E-state index in [0.29, 0.717) is 23.4 Å². The minimum Gasteiger partial charge on any atom is -0.352 e. The highest BCUT2D eigenvalue weighted by Crippen LogP contribution is 2.21. The standard InChI is InChI=1S/C25H24N6O3S/c1-31-14-10-23(30-31)18-35(33,34)24-7-6-22(15-21(24)5-4-19-8-12-26-13-9-19)25(32)27-11-2-3-20-16-28-29-17-20/h6-10,12-17H,2-3,11,18H2,1H3,(H,27,32)(H,28,29). The van der Waals surface area contributed by atoms with Crippen molar-refractivity contribution in [1.29, 1.82) is 0 Å². The Morgan fingerprint density at radius 2 is 1.97 bits per heavy atom. The lowest BCUT2D eigenvalue weighted by Gasteiger charge is -2.09. The number of rotatable bonds is 8. The van der Waals surface area contributed by atoms with Gasteiger partial charge in [-0.05, 0) is 54.8 Å².